The second-order valence-electron chi connectivity index (χ2n) is 5.97. The molecule has 1 atom stereocenters. The van der Waals surface area contributed by atoms with Gasteiger partial charge in [-0.1, -0.05) is 0 Å². The average Bonchev–Trinajstić information content (AvgIpc) is 3.06. The number of hydrogen-bond acceptors (Lipinski definition) is 4. The minimum atomic E-state index is 0.237. The monoisotopic (exact) mass is 308 g/mol. The van der Waals surface area contributed by atoms with Gasteiger partial charge in [0.1, 0.15) is 0 Å². The van der Waals surface area contributed by atoms with Gasteiger partial charge in [-0.15, -0.1) is 0 Å². The van der Waals surface area contributed by atoms with Gasteiger partial charge in [0.2, 0.25) is 5.91 Å². The number of carbonyl (C=O) groups excluding carboxylic acids is 1. The predicted molar refractivity (Wildman–Crippen MR) is 85.6 cm³/mol. The Morgan fingerprint density at radius 2 is 2.18 bits per heavy atom. The molecule has 0 radical (unpaired) electrons. The lowest BCUT2D eigenvalue weighted by atomic mass is 10.1. The van der Waals surface area contributed by atoms with E-state index in [9.17, 15) is 4.79 Å². The van der Waals surface area contributed by atoms with Crippen LogP contribution in [0.25, 0.3) is 0 Å². The highest BCUT2D eigenvalue weighted by molar-refractivity contribution is 5.75. The van der Waals surface area contributed by atoms with Crippen molar-refractivity contribution in [3.63, 3.8) is 0 Å². The molecule has 0 aromatic carbocycles. The van der Waals surface area contributed by atoms with Gasteiger partial charge >= 0.3 is 0 Å². The van der Waals surface area contributed by atoms with Crippen LogP contribution in [0.4, 0.5) is 0 Å². The zero-order valence-electron chi connectivity index (χ0n) is 13.8. The molecule has 0 unspecified atom stereocenters. The smallest absolute Gasteiger partial charge is 0.222 e. The summed E-state index contributed by atoms with van der Waals surface area (Å²) in [6.07, 6.45) is 6.20. The molecule has 1 amide bonds. The average molecular weight is 308 g/mol. The summed E-state index contributed by atoms with van der Waals surface area (Å²) in [6, 6.07) is 2.37. The Labute approximate surface area is 133 Å². The van der Waals surface area contributed by atoms with E-state index in [1.54, 1.807) is 6.20 Å². The number of rotatable bonds is 8. The number of aromatic nitrogens is 2. The Morgan fingerprint density at radius 3 is 2.86 bits per heavy atom. The molecule has 1 aromatic heterocycles. The third-order valence-corrected chi connectivity index (χ3v) is 4.31. The van der Waals surface area contributed by atoms with Gasteiger partial charge in [-0.25, -0.2) is 0 Å². The molecule has 0 aliphatic carbocycles. The first-order valence-corrected chi connectivity index (χ1v) is 8.20. The molecule has 1 aromatic rings. The molecular formula is C16H28N4O2. The van der Waals surface area contributed by atoms with E-state index in [-0.39, 0.29) is 5.91 Å². The van der Waals surface area contributed by atoms with E-state index in [0.29, 0.717) is 12.5 Å². The molecule has 1 saturated heterocycles. The summed E-state index contributed by atoms with van der Waals surface area (Å²) in [7, 11) is 1.89. The topological polar surface area (TPSA) is 50.6 Å². The van der Waals surface area contributed by atoms with Gasteiger partial charge in [0.05, 0.1) is 13.2 Å². The molecule has 0 spiro atoms. The molecule has 2 heterocycles. The van der Waals surface area contributed by atoms with Gasteiger partial charge in [-0.2, -0.15) is 5.10 Å². The quantitative estimate of drug-likeness (QED) is 0.725. The third-order valence-electron chi connectivity index (χ3n) is 4.31. The Bertz CT molecular complexity index is 429. The number of amides is 1. The van der Waals surface area contributed by atoms with Crippen LogP contribution in [-0.2, 0) is 16.1 Å². The number of aryl methyl sites for hydroxylation is 1. The number of nitrogens with zero attached hydrogens (tertiary/aromatic N) is 4. The van der Waals surface area contributed by atoms with E-state index in [1.165, 1.54) is 0 Å². The summed E-state index contributed by atoms with van der Waals surface area (Å²) in [5, 5.41) is 4.17. The standard InChI is InChI=1S/C16H28N4O2/c1-15(19-11-13-22-14-12-19)5-6-16(21)18(2)8-4-10-20-9-3-7-17-20/h3,7,9,15H,4-6,8,10-14H2,1-2H3/t15-/m0/s1. The molecule has 6 heteroatoms. The summed E-state index contributed by atoms with van der Waals surface area (Å²) < 4.78 is 7.27. The third kappa shape index (κ3) is 5.42. The number of carbonyl (C=O) groups is 1. The molecule has 2 rings (SSSR count). The molecule has 0 N–H and O–H groups in total. The summed E-state index contributed by atoms with van der Waals surface area (Å²) in [5.74, 6) is 0.237. The fourth-order valence-corrected chi connectivity index (χ4v) is 2.75. The normalized spacial score (nSPS) is 17.4. The van der Waals surface area contributed by atoms with E-state index < -0.39 is 0 Å². The molecule has 22 heavy (non-hydrogen) atoms. The van der Waals surface area contributed by atoms with Crippen LogP contribution < -0.4 is 0 Å². The molecule has 1 aliphatic heterocycles. The molecule has 1 aliphatic rings. The van der Waals surface area contributed by atoms with E-state index in [4.69, 9.17) is 4.74 Å². The highest BCUT2D eigenvalue weighted by atomic mass is 16.5. The van der Waals surface area contributed by atoms with Gasteiger partial charge in [0.25, 0.3) is 0 Å². The van der Waals surface area contributed by atoms with E-state index in [1.807, 2.05) is 28.9 Å². The molecule has 124 valence electrons. The SMILES string of the molecule is C[C@@H](CCC(=O)N(C)CCCn1cccn1)N1CCOCC1. The lowest BCUT2D eigenvalue weighted by Gasteiger charge is -2.32. The van der Waals surface area contributed by atoms with Crippen LogP contribution in [0.1, 0.15) is 26.2 Å². The van der Waals surface area contributed by atoms with E-state index in [0.717, 1.165) is 52.2 Å². The molecule has 6 nitrogen and oxygen atoms in total. The fraction of sp³-hybridized carbons (Fsp3) is 0.750. The van der Waals surface area contributed by atoms with Crippen molar-refractivity contribution in [2.75, 3.05) is 39.9 Å². The minimum Gasteiger partial charge on any atom is -0.379 e. The van der Waals surface area contributed by atoms with Gasteiger partial charge in [0, 0.05) is 58.1 Å². The van der Waals surface area contributed by atoms with Gasteiger partial charge < -0.3 is 9.64 Å². The Morgan fingerprint density at radius 1 is 1.41 bits per heavy atom. The largest absolute Gasteiger partial charge is 0.379 e. The zero-order chi connectivity index (χ0) is 15.8. The lowest BCUT2D eigenvalue weighted by Crippen LogP contribution is -2.42. The highest BCUT2D eigenvalue weighted by Gasteiger charge is 2.18. The van der Waals surface area contributed by atoms with Crippen LogP contribution in [0.5, 0.6) is 0 Å². The second-order valence-corrected chi connectivity index (χ2v) is 5.97. The Kier molecular flexibility index (Phi) is 6.86. The van der Waals surface area contributed by atoms with Crippen LogP contribution in [0, 0.1) is 0 Å². The van der Waals surface area contributed by atoms with Crippen molar-refractivity contribution in [1.82, 2.24) is 19.6 Å². The minimum absolute atomic E-state index is 0.237. The van der Waals surface area contributed by atoms with Crippen molar-refractivity contribution in [2.24, 2.45) is 0 Å². The number of hydrogen-bond donors (Lipinski definition) is 0. The van der Waals surface area contributed by atoms with Crippen LogP contribution in [0.15, 0.2) is 18.5 Å². The summed E-state index contributed by atoms with van der Waals surface area (Å²) in [5.41, 5.74) is 0. The van der Waals surface area contributed by atoms with Crippen molar-refractivity contribution < 1.29 is 9.53 Å². The first kappa shape index (κ1) is 17.0. The maximum Gasteiger partial charge on any atom is 0.222 e. The highest BCUT2D eigenvalue weighted by Crippen LogP contribution is 2.10. The van der Waals surface area contributed by atoms with Crippen molar-refractivity contribution in [1.29, 1.82) is 0 Å². The number of morpholine rings is 1. The summed E-state index contributed by atoms with van der Waals surface area (Å²) in [6.45, 7) is 7.43. The van der Waals surface area contributed by atoms with Crippen LogP contribution in [0.3, 0.4) is 0 Å². The predicted octanol–water partition coefficient (Wildman–Crippen LogP) is 1.23. The van der Waals surface area contributed by atoms with Gasteiger partial charge in [-0.05, 0) is 25.8 Å². The Balaban J connectivity index is 1.60. The van der Waals surface area contributed by atoms with Crippen molar-refractivity contribution in [3.05, 3.63) is 18.5 Å². The molecular weight excluding hydrogens is 280 g/mol. The van der Waals surface area contributed by atoms with Crippen molar-refractivity contribution >= 4 is 5.91 Å². The zero-order valence-corrected chi connectivity index (χ0v) is 13.8. The van der Waals surface area contributed by atoms with Gasteiger partial charge in [-0.3, -0.25) is 14.4 Å². The first-order chi connectivity index (χ1) is 10.7. The van der Waals surface area contributed by atoms with Gasteiger partial charge in [0.15, 0.2) is 0 Å². The fourth-order valence-electron chi connectivity index (χ4n) is 2.75. The van der Waals surface area contributed by atoms with Crippen LogP contribution >= 0.6 is 0 Å². The van der Waals surface area contributed by atoms with Crippen molar-refractivity contribution in [2.45, 2.75) is 38.8 Å². The summed E-state index contributed by atoms with van der Waals surface area (Å²) in [4.78, 5) is 16.4. The molecule has 0 bridgehead atoms. The summed E-state index contributed by atoms with van der Waals surface area (Å²) >= 11 is 0. The maximum absolute atomic E-state index is 12.2. The van der Waals surface area contributed by atoms with Crippen molar-refractivity contribution in [3.8, 4) is 0 Å². The lowest BCUT2D eigenvalue weighted by molar-refractivity contribution is -0.130. The first-order valence-electron chi connectivity index (χ1n) is 8.20. The molecule has 0 saturated carbocycles. The van der Waals surface area contributed by atoms with E-state index in [2.05, 4.69) is 16.9 Å². The second kappa shape index (κ2) is 8.90. The van der Waals surface area contributed by atoms with Crippen LogP contribution in [-0.4, -0.2) is 71.4 Å². The van der Waals surface area contributed by atoms with E-state index >= 15 is 0 Å². The Hall–Kier alpha value is -1.40. The van der Waals surface area contributed by atoms with Crippen LogP contribution in [0.2, 0.25) is 0 Å². The maximum atomic E-state index is 12.2. The molecule has 1 fully saturated rings. The number of ether oxygens (including phenoxy) is 1.